The number of aryl methyl sites for hydroxylation is 2. The maximum Gasteiger partial charge on any atom is 0.416 e. The number of nitrogens with zero attached hydrogens (tertiary/aromatic N) is 3. The van der Waals surface area contributed by atoms with Gasteiger partial charge in [0.05, 0.1) is 11.9 Å². The van der Waals surface area contributed by atoms with Gasteiger partial charge in [0.25, 0.3) is 0 Å². The second-order valence-corrected chi connectivity index (χ2v) is 9.05. The number of rotatable bonds is 5. The smallest absolute Gasteiger partial charge is 0.416 e. The minimum atomic E-state index is -4.42. The predicted octanol–water partition coefficient (Wildman–Crippen LogP) is 5.14. The van der Waals surface area contributed by atoms with E-state index in [1.165, 1.54) is 30.2 Å². The summed E-state index contributed by atoms with van der Waals surface area (Å²) in [6.07, 6.45) is -2.86. The van der Waals surface area contributed by atoms with Gasteiger partial charge in [-0.3, -0.25) is 5.41 Å². The normalized spacial score (nSPS) is 13.1. The van der Waals surface area contributed by atoms with Crippen LogP contribution in [0.5, 0.6) is 11.5 Å². The summed E-state index contributed by atoms with van der Waals surface area (Å²) in [6.45, 7) is 0.380. The minimum absolute atomic E-state index is 0.000967. The van der Waals surface area contributed by atoms with Gasteiger partial charge in [-0.25, -0.2) is 9.97 Å². The Bertz CT molecular complexity index is 1420. The Kier molecular flexibility index (Phi) is 5.57. The molecule has 0 amide bonds. The quantitative estimate of drug-likeness (QED) is 0.368. The predicted molar refractivity (Wildman–Crippen MR) is 117 cm³/mol. The van der Waals surface area contributed by atoms with Crippen molar-refractivity contribution in [1.82, 2.24) is 19.5 Å². The number of benzene rings is 2. The number of aromatic amines is 1. The topological polar surface area (TPSA) is 88.8 Å². The lowest BCUT2D eigenvalue weighted by Crippen LogP contribution is -2.15. The van der Waals surface area contributed by atoms with Gasteiger partial charge in [-0.15, -0.1) is 0 Å². The Balaban J connectivity index is 1.44. The molecule has 2 aromatic carbocycles. The number of H-pyrrole nitrogens is 1. The van der Waals surface area contributed by atoms with Gasteiger partial charge < -0.3 is 19.0 Å². The number of nitrogens with one attached hydrogen (secondary N) is 2. The molecule has 0 spiro atoms. The van der Waals surface area contributed by atoms with Crippen molar-refractivity contribution < 1.29 is 22.6 Å². The number of hydrogen-bond donors (Lipinski definition) is 2. The summed E-state index contributed by atoms with van der Waals surface area (Å²) in [5.41, 5.74) is 0.383. The maximum atomic E-state index is 13.3. The monoisotopic (exact) mass is 537 g/mol. The molecule has 12 heteroatoms. The van der Waals surface area contributed by atoms with Gasteiger partial charge in [0.15, 0.2) is 27.8 Å². The van der Waals surface area contributed by atoms with Gasteiger partial charge >= 0.3 is 6.18 Å². The number of alkyl halides is 3. The van der Waals surface area contributed by atoms with Crippen LogP contribution in [0, 0.1) is 5.41 Å². The van der Waals surface area contributed by atoms with E-state index < -0.39 is 11.7 Å². The van der Waals surface area contributed by atoms with E-state index in [-0.39, 0.29) is 30.8 Å². The van der Waals surface area contributed by atoms with Gasteiger partial charge in [-0.05, 0) is 46.1 Å². The first-order chi connectivity index (χ1) is 15.8. The van der Waals surface area contributed by atoms with Gasteiger partial charge in [0, 0.05) is 15.9 Å². The highest BCUT2D eigenvalue weighted by molar-refractivity contribution is 9.10. The number of aromatic nitrogens is 4. The van der Waals surface area contributed by atoms with Crippen LogP contribution in [-0.4, -0.2) is 26.3 Å². The molecule has 7 nitrogen and oxygen atoms in total. The molecule has 1 aliphatic rings. The van der Waals surface area contributed by atoms with E-state index in [9.17, 15) is 13.2 Å². The Morgan fingerprint density at radius 2 is 1.94 bits per heavy atom. The van der Waals surface area contributed by atoms with E-state index >= 15 is 0 Å². The van der Waals surface area contributed by atoms with Crippen LogP contribution >= 0.6 is 27.7 Å². The molecule has 33 heavy (non-hydrogen) atoms. The number of fused-ring (bicyclic) bond motifs is 2. The van der Waals surface area contributed by atoms with E-state index in [2.05, 4.69) is 30.9 Å². The first-order valence-electron chi connectivity index (χ1n) is 9.71. The Hall–Kier alpha value is -2.99. The lowest BCUT2D eigenvalue weighted by molar-refractivity contribution is -0.138. The van der Waals surface area contributed by atoms with Gasteiger partial charge in [-0.1, -0.05) is 30.0 Å². The molecule has 4 aromatic rings. The highest BCUT2D eigenvalue weighted by Gasteiger charge is 2.32. The first kappa shape index (κ1) is 21.8. The summed E-state index contributed by atoms with van der Waals surface area (Å²) in [7, 11) is 0. The molecule has 3 heterocycles. The van der Waals surface area contributed by atoms with Crippen molar-refractivity contribution in [2.24, 2.45) is 0 Å². The van der Waals surface area contributed by atoms with Crippen molar-refractivity contribution in [2.45, 2.75) is 29.2 Å². The molecule has 0 saturated carbocycles. The highest BCUT2D eigenvalue weighted by Crippen LogP contribution is 2.42. The zero-order valence-corrected chi connectivity index (χ0v) is 19.1. The second-order valence-electron chi connectivity index (χ2n) is 7.17. The Morgan fingerprint density at radius 3 is 2.73 bits per heavy atom. The third-order valence-corrected chi connectivity index (χ3v) is 6.94. The molecular formula is C21H15BrF3N5O2S. The van der Waals surface area contributed by atoms with Gasteiger partial charge in [0.1, 0.15) is 5.52 Å². The fraction of sp³-hybridized carbons (Fsp3) is 0.190. The molecule has 0 unspecified atom stereocenters. The van der Waals surface area contributed by atoms with Crippen LogP contribution in [0.25, 0.3) is 11.2 Å². The third-order valence-electron chi connectivity index (χ3n) is 5.08. The molecule has 2 N–H and O–H groups in total. The van der Waals surface area contributed by atoms with E-state index in [4.69, 9.17) is 14.9 Å². The van der Waals surface area contributed by atoms with Crippen molar-refractivity contribution in [3.05, 3.63) is 63.8 Å². The number of halogens is 4. The average molecular weight is 538 g/mol. The fourth-order valence-electron chi connectivity index (χ4n) is 3.51. The average Bonchev–Trinajstić information content (AvgIpc) is 3.40. The van der Waals surface area contributed by atoms with E-state index in [0.717, 1.165) is 15.4 Å². The lowest BCUT2D eigenvalue weighted by atomic mass is 10.0. The molecular weight excluding hydrogens is 523 g/mol. The van der Waals surface area contributed by atoms with Crippen LogP contribution in [0.15, 0.2) is 57.3 Å². The molecule has 0 aliphatic carbocycles. The maximum absolute atomic E-state index is 13.3. The summed E-state index contributed by atoms with van der Waals surface area (Å²) in [5, 5.41) is 8.62. The molecule has 0 radical (unpaired) electrons. The minimum Gasteiger partial charge on any atom is -0.454 e. The van der Waals surface area contributed by atoms with Gasteiger partial charge in [-0.2, -0.15) is 13.2 Å². The first-order valence-corrected chi connectivity index (χ1v) is 11.3. The van der Waals surface area contributed by atoms with Crippen LogP contribution in [0.4, 0.5) is 13.2 Å². The van der Waals surface area contributed by atoms with Crippen molar-refractivity contribution in [3.63, 3.8) is 0 Å². The van der Waals surface area contributed by atoms with Crippen LogP contribution in [0.2, 0.25) is 0 Å². The zero-order valence-electron chi connectivity index (χ0n) is 16.7. The second kappa shape index (κ2) is 8.41. The van der Waals surface area contributed by atoms with Crippen molar-refractivity contribution in [2.75, 3.05) is 6.79 Å². The fourth-order valence-corrected chi connectivity index (χ4v) is 4.89. The molecule has 1 aliphatic heterocycles. The molecule has 0 saturated heterocycles. The van der Waals surface area contributed by atoms with E-state index in [1.54, 1.807) is 10.6 Å². The highest BCUT2D eigenvalue weighted by atomic mass is 79.9. The van der Waals surface area contributed by atoms with Crippen LogP contribution in [0.1, 0.15) is 11.1 Å². The van der Waals surface area contributed by atoms with Crippen LogP contribution in [0.3, 0.4) is 0 Å². The molecule has 5 rings (SSSR count). The summed E-state index contributed by atoms with van der Waals surface area (Å²) >= 11 is 4.83. The van der Waals surface area contributed by atoms with Gasteiger partial charge in [0.2, 0.25) is 6.79 Å². The summed E-state index contributed by atoms with van der Waals surface area (Å²) in [6, 6.07) is 9.14. The lowest BCUT2D eigenvalue weighted by Gasteiger charge is -2.13. The summed E-state index contributed by atoms with van der Waals surface area (Å²) < 4.78 is 53.2. The largest absolute Gasteiger partial charge is 0.454 e. The van der Waals surface area contributed by atoms with Crippen molar-refractivity contribution in [3.8, 4) is 11.5 Å². The third kappa shape index (κ3) is 4.32. The van der Waals surface area contributed by atoms with Crippen LogP contribution in [-0.2, 0) is 19.1 Å². The number of ether oxygens (including phenoxy) is 2. The summed E-state index contributed by atoms with van der Waals surface area (Å²) in [5.74, 6) is 1.27. The van der Waals surface area contributed by atoms with Crippen molar-refractivity contribution in [1.29, 1.82) is 5.41 Å². The number of hydrogen-bond acceptors (Lipinski definition) is 6. The molecule has 0 bridgehead atoms. The molecule has 0 atom stereocenters. The van der Waals surface area contributed by atoms with Crippen molar-refractivity contribution >= 4 is 38.9 Å². The SMILES string of the molecule is N=c1ncn(CCc2ccccc2C(F)(F)F)c2nc(Sc3cc4c(cc3Br)OCO4)[nH]c12. The Morgan fingerprint density at radius 1 is 1.18 bits per heavy atom. The molecule has 170 valence electrons. The molecule has 2 aromatic heterocycles. The van der Waals surface area contributed by atoms with E-state index in [0.29, 0.717) is 27.8 Å². The Labute approximate surface area is 197 Å². The standard InChI is InChI=1S/C21H15BrF3N5O2S/c22-13-7-14-15(32-10-31-14)8-16(13)33-20-28-17-18(26)27-9-30(19(17)29-20)6-5-11-3-1-2-4-12(11)21(23,24)25/h1-4,7-9,26H,5-6,10H2,(H,28,29). The zero-order chi connectivity index (χ0) is 23.2. The summed E-state index contributed by atoms with van der Waals surface area (Å²) in [4.78, 5) is 12.6. The van der Waals surface area contributed by atoms with E-state index in [1.807, 2.05) is 12.1 Å². The molecule has 0 fully saturated rings. The van der Waals surface area contributed by atoms with Crippen LogP contribution < -0.4 is 15.0 Å². The number of imidazole rings is 1.